The summed E-state index contributed by atoms with van der Waals surface area (Å²) in [5.74, 6) is 1.68. The molecule has 21 heavy (non-hydrogen) atoms. The van der Waals surface area contributed by atoms with Gasteiger partial charge in [0.15, 0.2) is 11.5 Å². The number of ether oxygens (including phenoxy) is 2. The van der Waals surface area contributed by atoms with Crippen molar-refractivity contribution in [2.75, 3.05) is 13.8 Å². The van der Waals surface area contributed by atoms with Crippen molar-refractivity contribution in [3.8, 4) is 11.5 Å². The molecule has 3 rings (SSSR count). The first kappa shape index (κ1) is 13.8. The minimum atomic E-state index is 0.573. The summed E-state index contributed by atoms with van der Waals surface area (Å²) in [5, 5.41) is 0. The van der Waals surface area contributed by atoms with Crippen LogP contribution in [0.25, 0.3) is 0 Å². The van der Waals surface area contributed by atoms with Crippen molar-refractivity contribution in [1.29, 1.82) is 0 Å². The van der Waals surface area contributed by atoms with Crippen LogP contribution in [0.3, 0.4) is 0 Å². The smallest absolute Gasteiger partial charge is 0.167 e. The number of hydrogen-bond donors (Lipinski definition) is 1. The molecule has 0 saturated heterocycles. The highest BCUT2D eigenvalue weighted by Crippen LogP contribution is 2.36. The molecule has 0 bridgehead atoms. The summed E-state index contributed by atoms with van der Waals surface area (Å²) in [6.45, 7) is 6.08. The SMILES string of the molecule is C=CCc1cc2c(c(OC)c1)OCN(Cc1ccc[nH]1)C2. The van der Waals surface area contributed by atoms with Crippen molar-refractivity contribution in [1.82, 2.24) is 9.88 Å². The minimum Gasteiger partial charge on any atom is -0.493 e. The monoisotopic (exact) mass is 284 g/mol. The Labute approximate surface area is 125 Å². The van der Waals surface area contributed by atoms with Gasteiger partial charge in [-0.1, -0.05) is 12.1 Å². The number of benzene rings is 1. The highest BCUT2D eigenvalue weighted by atomic mass is 16.5. The van der Waals surface area contributed by atoms with Gasteiger partial charge < -0.3 is 14.5 Å². The lowest BCUT2D eigenvalue weighted by Crippen LogP contribution is -2.31. The van der Waals surface area contributed by atoms with E-state index in [-0.39, 0.29) is 0 Å². The number of hydrogen-bond acceptors (Lipinski definition) is 3. The summed E-state index contributed by atoms with van der Waals surface area (Å²) in [7, 11) is 1.68. The zero-order valence-corrected chi connectivity index (χ0v) is 12.3. The third-order valence-corrected chi connectivity index (χ3v) is 3.63. The summed E-state index contributed by atoms with van der Waals surface area (Å²) in [6, 6.07) is 8.31. The Balaban J connectivity index is 1.83. The number of aromatic nitrogens is 1. The van der Waals surface area contributed by atoms with Crippen LogP contribution in [-0.4, -0.2) is 23.7 Å². The Bertz CT molecular complexity index is 620. The van der Waals surface area contributed by atoms with Gasteiger partial charge in [-0.3, -0.25) is 4.90 Å². The van der Waals surface area contributed by atoms with Crippen LogP contribution in [0.5, 0.6) is 11.5 Å². The van der Waals surface area contributed by atoms with E-state index in [9.17, 15) is 0 Å². The number of allylic oxidation sites excluding steroid dienone is 1. The van der Waals surface area contributed by atoms with Gasteiger partial charge in [-0.05, 0) is 30.2 Å². The number of nitrogens with zero attached hydrogens (tertiary/aromatic N) is 1. The van der Waals surface area contributed by atoms with Crippen molar-refractivity contribution in [3.63, 3.8) is 0 Å². The van der Waals surface area contributed by atoms with E-state index in [4.69, 9.17) is 9.47 Å². The second kappa shape index (κ2) is 6.06. The van der Waals surface area contributed by atoms with Crippen LogP contribution in [0.4, 0.5) is 0 Å². The van der Waals surface area contributed by atoms with Gasteiger partial charge in [0, 0.05) is 30.5 Å². The first-order valence-corrected chi connectivity index (χ1v) is 7.08. The van der Waals surface area contributed by atoms with E-state index in [1.807, 2.05) is 24.4 Å². The molecule has 110 valence electrons. The van der Waals surface area contributed by atoms with Crippen molar-refractivity contribution in [2.45, 2.75) is 19.5 Å². The van der Waals surface area contributed by atoms with Gasteiger partial charge in [0.25, 0.3) is 0 Å². The predicted molar refractivity (Wildman–Crippen MR) is 82.4 cm³/mol. The normalized spacial score (nSPS) is 14.3. The summed E-state index contributed by atoms with van der Waals surface area (Å²) in [4.78, 5) is 5.48. The summed E-state index contributed by atoms with van der Waals surface area (Å²) >= 11 is 0. The summed E-state index contributed by atoms with van der Waals surface area (Å²) in [6.07, 6.45) is 4.68. The lowest BCUT2D eigenvalue weighted by Gasteiger charge is -2.30. The fourth-order valence-corrected chi connectivity index (χ4v) is 2.69. The molecule has 0 atom stereocenters. The van der Waals surface area contributed by atoms with E-state index in [2.05, 4.69) is 28.6 Å². The Hall–Kier alpha value is -2.20. The third-order valence-electron chi connectivity index (χ3n) is 3.63. The first-order valence-electron chi connectivity index (χ1n) is 7.08. The highest BCUT2D eigenvalue weighted by molar-refractivity contribution is 5.50. The zero-order chi connectivity index (χ0) is 14.7. The van der Waals surface area contributed by atoms with Crippen molar-refractivity contribution in [3.05, 3.63) is 59.9 Å². The fourth-order valence-electron chi connectivity index (χ4n) is 2.69. The van der Waals surface area contributed by atoms with Crippen molar-refractivity contribution in [2.24, 2.45) is 0 Å². The van der Waals surface area contributed by atoms with Crippen molar-refractivity contribution < 1.29 is 9.47 Å². The molecule has 0 amide bonds. The van der Waals surface area contributed by atoms with E-state index in [0.717, 1.165) is 31.0 Å². The van der Waals surface area contributed by atoms with E-state index in [0.29, 0.717) is 6.73 Å². The average molecular weight is 284 g/mol. The molecular formula is C17H20N2O2. The number of methoxy groups -OCH3 is 1. The van der Waals surface area contributed by atoms with Crippen LogP contribution < -0.4 is 9.47 Å². The molecule has 1 N–H and O–H groups in total. The fraction of sp³-hybridized carbons (Fsp3) is 0.294. The summed E-state index contributed by atoms with van der Waals surface area (Å²) in [5.41, 5.74) is 3.56. The van der Waals surface area contributed by atoms with Gasteiger partial charge in [-0.2, -0.15) is 0 Å². The number of aromatic amines is 1. The first-order chi connectivity index (χ1) is 10.3. The second-order valence-electron chi connectivity index (χ2n) is 5.23. The number of nitrogens with one attached hydrogen (secondary N) is 1. The van der Waals surface area contributed by atoms with Gasteiger partial charge in [0.2, 0.25) is 0 Å². The largest absolute Gasteiger partial charge is 0.493 e. The average Bonchev–Trinajstić information content (AvgIpc) is 2.99. The molecule has 2 heterocycles. The summed E-state index contributed by atoms with van der Waals surface area (Å²) < 4.78 is 11.4. The van der Waals surface area contributed by atoms with Gasteiger partial charge in [0.05, 0.1) is 7.11 Å². The molecule has 1 aliphatic heterocycles. The second-order valence-corrected chi connectivity index (χ2v) is 5.23. The lowest BCUT2D eigenvalue weighted by molar-refractivity contribution is 0.0844. The number of H-pyrrole nitrogens is 1. The van der Waals surface area contributed by atoms with Crippen LogP contribution in [0, 0.1) is 0 Å². The maximum Gasteiger partial charge on any atom is 0.167 e. The molecular weight excluding hydrogens is 264 g/mol. The Morgan fingerprint density at radius 2 is 2.38 bits per heavy atom. The van der Waals surface area contributed by atoms with Crippen LogP contribution in [0.15, 0.2) is 43.1 Å². The standard InChI is InChI=1S/C17H20N2O2/c1-3-5-13-8-14-10-19(11-15-6-4-7-18-15)12-21-17(14)16(9-13)20-2/h3-4,6-9,18H,1,5,10-12H2,2H3. The van der Waals surface area contributed by atoms with Gasteiger partial charge >= 0.3 is 0 Å². The van der Waals surface area contributed by atoms with Crippen LogP contribution >= 0.6 is 0 Å². The van der Waals surface area contributed by atoms with Crippen LogP contribution in [0.2, 0.25) is 0 Å². The van der Waals surface area contributed by atoms with E-state index in [1.54, 1.807) is 7.11 Å². The molecule has 1 aromatic heterocycles. The quantitative estimate of drug-likeness (QED) is 0.857. The number of fused-ring (bicyclic) bond motifs is 1. The molecule has 4 nitrogen and oxygen atoms in total. The molecule has 0 spiro atoms. The van der Waals surface area contributed by atoms with Crippen molar-refractivity contribution >= 4 is 0 Å². The molecule has 0 radical (unpaired) electrons. The topological polar surface area (TPSA) is 37.5 Å². The van der Waals surface area contributed by atoms with E-state index >= 15 is 0 Å². The Morgan fingerprint density at radius 3 is 3.10 bits per heavy atom. The molecule has 2 aromatic rings. The van der Waals surface area contributed by atoms with Gasteiger partial charge in [0.1, 0.15) is 6.73 Å². The molecule has 0 fully saturated rings. The minimum absolute atomic E-state index is 0.573. The van der Waals surface area contributed by atoms with E-state index < -0.39 is 0 Å². The highest BCUT2D eigenvalue weighted by Gasteiger charge is 2.22. The van der Waals surface area contributed by atoms with E-state index in [1.165, 1.54) is 16.8 Å². The molecule has 1 aliphatic rings. The maximum absolute atomic E-state index is 5.90. The van der Waals surface area contributed by atoms with Crippen LogP contribution in [-0.2, 0) is 19.5 Å². The lowest BCUT2D eigenvalue weighted by atomic mass is 10.0. The molecule has 1 aromatic carbocycles. The molecule has 0 unspecified atom stereocenters. The molecule has 0 aliphatic carbocycles. The Morgan fingerprint density at radius 1 is 1.48 bits per heavy atom. The number of rotatable bonds is 5. The zero-order valence-electron chi connectivity index (χ0n) is 12.3. The molecule has 4 heteroatoms. The molecule has 0 saturated carbocycles. The van der Waals surface area contributed by atoms with Gasteiger partial charge in [-0.15, -0.1) is 6.58 Å². The maximum atomic E-state index is 5.90. The third kappa shape index (κ3) is 2.95. The van der Waals surface area contributed by atoms with Crippen LogP contribution in [0.1, 0.15) is 16.8 Å². The Kier molecular flexibility index (Phi) is 3.97. The predicted octanol–water partition coefficient (Wildman–Crippen LogP) is 3.10. The van der Waals surface area contributed by atoms with Gasteiger partial charge in [-0.25, -0.2) is 0 Å².